The monoisotopic (exact) mass is 846 g/mol. The van der Waals surface area contributed by atoms with E-state index in [1.165, 1.54) is 199 Å². The van der Waals surface area contributed by atoms with E-state index in [9.17, 15) is 19.8 Å². The van der Waals surface area contributed by atoms with Crippen molar-refractivity contribution in [2.45, 2.75) is 296 Å². The van der Waals surface area contributed by atoms with Crippen LogP contribution in [0.15, 0.2) is 24.3 Å². The molecule has 354 valence electrons. The smallest absolute Gasteiger partial charge is 0.305 e. The van der Waals surface area contributed by atoms with Crippen LogP contribution in [0.25, 0.3) is 0 Å². The van der Waals surface area contributed by atoms with Crippen LogP contribution in [0.5, 0.6) is 0 Å². The molecule has 0 aliphatic rings. The predicted octanol–water partition coefficient (Wildman–Crippen LogP) is 15.9. The molecular formula is C54H103NO5. The lowest BCUT2D eigenvalue weighted by Gasteiger charge is -2.22. The number of carbonyl (C=O) groups excluding carboxylic acids is 2. The number of unbranched alkanes of at least 4 members (excludes halogenated alkanes) is 34. The molecular weight excluding hydrogens is 743 g/mol. The summed E-state index contributed by atoms with van der Waals surface area (Å²) in [6.45, 7) is 4.89. The quantitative estimate of drug-likeness (QED) is 0.0322. The van der Waals surface area contributed by atoms with Crippen LogP contribution in [-0.4, -0.2) is 47.4 Å². The average Bonchev–Trinajstić information content (AvgIpc) is 3.25. The van der Waals surface area contributed by atoms with Gasteiger partial charge in [0.2, 0.25) is 5.91 Å². The van der Waals surface area contributed by atoms with Crippen molar-refractivity contribution in [2.24, 2.45) is 0 Å². The Morgan fingerprint density at radius 3 is 1.30 bits per heavy atom. The van der Waals surface area contributed by atoms with E-state index < -0.39 is 12.1 Å². The molecule has 0 fully saturated rings. The summed E-state index contributed by atoms with van der Waals surface area (Å²) in [4.78, 5) is 24.4. The Hall–Kier alpha value is -1.66. The SMILES string of the molecule is CCCCC/C=C\C/C=C\CCCCCCCCCC(=O)OCCCCCCCCCCCCCCCCCCCC(=O)NC(CO)C(O)CCCCCCCCCCC. The van der Waals surface area contributed by atoms with Crippen molar-refractivity contribution >= 4 is 11.9 Å². The van der Waals surface area contributed by atoms with E-state index in [1.807, 2.05) is 0 Å². The molecule has 0 rings (SSSR count). The number of hydrogen-bond donors (Lipinski definition) is 3. The van der Waals surface area contributed by atoms with Crippen molar-refractivity contribution in [1.29, 1.82) is 0 Å². The number of aliphatic hydroxyl groups excluding tert-OH is 2. The molecule has 0 heterocycles. The summed E-state index contributed by atoms with van der Waals surface area (Å²) < 4.78 is 5.47. The van der Waals surface area contributed by atoms with E-state index in [-0.39, 0.29) is 18.5 Å². The Morgan fingerprint density at radius 2 is 0.833 bits per heavy atom. The van der Waals surface area contributed by atoms with Gasteiger partial charge in [-0.25, -0.2) is 0 Å². The molecule has 0 aliphatic heterocycles. The van der Waals surface area contributed by atoms with Crippen LogP contribution in [0, 0.1) is 0 Å². The first-order chi connectivity index (χ1) is 29.5. The summed E-state index contributed by atoms with van der Waals surface area (Å²) >= 11 is 0. The van der Waals surface area contributed by atoms with Gasteiger partial charge in [-0.1, -0.05) is 237 Å². The molecule has 0 radical (unpaired) electrons. The van der Waals surface area contributed by atoms with Crippen molar-refractivity contribution in [1.82, 2.24) is 5.32 Å². The van der Waals surface area contributed by atoms with Crippen molar-refractivity contribution in [3.63, 3.8) is 0 Å². The van der Waals surface area contributed by atoms with E-state index in [0.717, 1.165) is 51.4 Å². The van der Waals surface area contributed by atoms with Crippen LogP contribution < -0.4 is 5.32 Å². The fourth-order valence-corrected chi connectivity index (χ4v) is 8.14. The second-order valence-electron chi connectivity index (χ2n) is 18.2. The molecule has 0 aromatic carbocycles. The summed E-state index contributed by atoms with van der Waals surface area (Å²) in [5, 5.41) is 23.1. The molecule has 60 heavy (non-hydrogen) atoms. The van der Waals surface area contributed by atoms with Gasteiger partial charge in [-0.05, 0) is 57.8 Å². The molecule has 2 unspecified atom stereocenters. The lowest BCUT2D eigenvalue weighted by molar-refractivity contribution is -0.143. The minimum atomic E-state index is -0.665. The number of ether oxygens (including phenoxy) is 1. The van der Waals surface area contributed by atoms with Gasteiger partial charge < -0.3 is 20.3 Å². The molecule has 0 aromatic heterocycles. The number of amides is 1. The lowest BCUT2D eigenvalue weighted by atomic mass is 10.0. The maximum Gasteiger partial charge on any atom is 0.305 e. The zero-order valence-corrected chi connectivity index (χ0v) is 40.2. The fraction of sp³-hybridized carbons (Fsp3) is 0.889. The molecule has 1 amide bonds. The normalized spacial score (nSPS) is 12.8. The second kappa shape index (κ2) is 50.0. The summed E-state index contributed by atoms with van der Waals surface area (Å²) in [6.07, 6.45) is 58.7. The van der Waals surface area contributed by atoms with Crippen LogP contribution in [0.1, 0.15) is 284 Å². The van der Waals surface area contributed by atoms with Gasteiger partial charge in [0.1, 0.15) is 0 Å². The molecule has 3 N–H and O–H groups in total. The molecule has 0 aliphatic carbocycles. The van der Waals surface area contributed by atoms with Crippen molar-refractivity contribution in [2.75, 3.05) is 13.2 Å². The van der Waals surface area contributed by atoms with E-state index >= 15 is 0 Å². The molecule has 0 saturated heterocycles. The topological polar surface area (TPSA) is 95.9 Å². The van der Waals surface area contributed by atoms with Crippen LogP contribution >= 0.6 is 0 Å². The van der Waals surface area contributed by atoms with Crippen LogP contribution in [-0.2, 0) is 14.3 Å². The van der Waals surface area contributed by atoms with E-state index in [0.29, 0.717) is 25.9 Å². The average molecular weight is 846 g/mol. The van der Waals surface area contributed by atoms with E-state index in [1.54, 1.807) is 0 Å². The van der Waals surface area contributed by atoms with Gasteiger partial charge >= 0.3 is 5.97 Å². The summed E-state index contributed by atoms with van der Waals surface area (Å²) in [5.74, 6) is -0.0457. The van der Waals surface area contributed by atoms with Crippen molar-refractivity contribution in [3.05, 3.63) is 24.3 Å². The first kappa shape index (κ1) is 58.3. The highest BCUT2D eigenvalue weighted by Gasteiger charge is 2.20. The minimum absolute atomic E-state index is 0.00271. The Kier molecular flexibility index (Phi) is 48.6. The largest absolute Gasteiger partial charge is 0.466 e. The second-order valence-corrected chi connectivity index (χ2v) is 18.2. The van der Waals surface area contributed by atoms with Crippen LogP contribution in [0.3, 0.4) is 0 Å². The third-order valence-corrected chi connectivity index (χ3v) is 12.3. The van der Waals surface area contributed by atoms with Gasteiger partial charge in [0.25, 0.3) is 0 Å². The fourth-order valence-electron chi connectivity index (χ4n) is 8.14. The number of nitrogens with one attached hydrogen (secondary N) is 1. The Morgan fingerprint density at radius 1 is 0.467 bits per heavy atom. The number of esters is 1. The number of hydrogen-bond acceptors (Lipinski definition) is 5. The third-order valence-electron chi connectivity index (χ3n) is 12.3. The van der Waals surface area contributed by atoms with Gasteiger partial charge in [0.15, 0.2) is 0 Å². The Balaban J connectivity index is 3.38. The van der Waals surface area contributed by atoms with Crippen molar-refractivity contribution < 1.29 is 24.5 Å². The van der Waals surface area contributed by atoms with Gasteiger partial charge in [-0.15, -0.1) is 0 Å². The highest BCUT2D eigenvalue weighted by molar-refractivity contribution is 5.76. The number of allylic oxidation sites excluding steroid dienone is 4. The van der Waals surface area contributed by atoms with Crippen LogP contribution in [0.2, 0.25) is 0 Å². The lowest BCUT2D eigenvalue weighted by Crippen LogP contribution is -2.45. The molecule has 2 atom stereocenters. The first-order valence-electron chi connectivity index (χ1n) is 26.6. The van der Waals surface area contributed by atoms with E-state index in [2.05, 4.69) is 43.5 Å². The zero-order chi connectivity index (χ0) is 43.7. The minimum Gasteiger partial charge on any atom is -0.466 e. The highest BCUT2D eigenvalue weighted by Crippen LogP contribution is 2.16. The summed E-state index contributed by atoms with van der Waals surface area (Å²) in [5.41, 5.74) is 0. The maximum absolute atomic E-state index is 12.4. The number of rotatable bonds is 49. The summed E-state index contributed by atoms with van der Waals surface area (Å²) in [7, 11) is 0. The molecule has 6 nitrogen and oxygen atoms in total. The predicted molar refractivity (Wildman–Crippen MR) is 260 cm³/mol. The Bertz CT molecular complexity index is 935. The van der Waals surface area contributed by atoms with Gasteiger partial charge in [-0.3, -0.25) is 9.59 Å². The van der Waals surface area contributed by atoms with Crippen LogP contribution in [0.4, 0.5) is 0 Å². The van der Waals surface area contributed by atoms with Gasteiger partial charge in [0, 0.05) is 12.8 Å². The molecule has 6 heteroatoms. The molecule has 0 bridgehead atoms. The zero-order valence-electron chi connectivity index (χ0n) is 40.2. The maximum atomic E-state index is 12.4. The number of aliphatic hydroxyl groups is 2. The number of carbonyl (C=O) groups is 2. The van der Waals surface area contributed by atoms with Gasteiger partial charge in [-0.2, -0.15) is 0 Å². The summed E-state index contributed by atoms with van der Waals surface area (Å²) in [6, 6.07) is -0.543. The van der Waals surface area contributed by atoms with E-state index in [4.69, 9.17) is 4.74 Å². The third kappa shape index (κ3) is 45.9. The highest BCUT2D eigenvalue weighted by atomic mass is 16.5. The van der Waals surface area contributed by atoms with Gasteiger partial charge in [0.05, 0.1) is 25.4 Å². The molecule has 0 spiro atoms. The first-order valence-corrected chi connectivity index (χ1v) is 26.6. The Labute approximate surface area is 373 Å². The standard InChI is InChI=1S/C54H103NO5/c1-3-5-7-9-11-13-14-15-16-18-22-25-28-32-36-40-44-48-54(59)60-49-45-41-37-33-29-26-23-20-17-19-21-24-27-31-35-39-43-47-53(58)55-51(50-56)52(57)46-42-38-34-30-12-10-8-6-4-2/h11,13,15-16,51-52,56-57H,3-10,12,14,17-50H2,1-2H3,(H,55,58)/b13-11-,16-15-. The van der Waals surface area contributed by atoms with Crippen molar-refractivity contribution in [3.8, 4) is 0 Å². The molecule has 0 aromatic rings. The molecule has 0 saturated carbocycles.